The molecular formula is C26H27BrN4O7. The van der Waals surface area contributed by atoms with Gasteiger partial charge in [-0.3, -0.25) is 14.9 Å². The van der Waals surface area contributed by atoms with Crippen LogP contribution in [0.3, 0.4) is 0 Å². The molecule has 1 aliphatic carbocycles. The van der Waals surface area contributed by atoms with Gasteiger partial charge in [0.25, 0.3) is 5.56 Å². The fourth-order valence-electron chi connectivity index (χ4n) is 4.45. The molecule has 12 heteroatoms. The molecule has 1 saturated carbocycles. The van der Waals surface area contributed by atoms with Crippen molar-refractivity contribution in [2.45, 2.75) is 58.0 Å². The number of aromatic nitrogens is 2. The first kappa shape index (κ1) is 27.2. The molecule has 0 unspecified atom stereocenters. The maximum atomic E-state index is 13.5. The van der Waals surface area contributed by atoms with E-state index >= 15 is 0 Å². The number of halogens is 1. The molecule has 0 amide bonds. The molecule has 0 aliphatic heterocycles. The van der Waals surface area contributed by atoms with Crippen molar-refractivity contribution in [1.82, 2.24) is 9.66 Å². The Balaban J connectivity index is 1.84. The predicted molar refractivity (Wildman–Crippen MR) is 145 cm³/mol. The second-order valence-corrected chi connectivity index (χ2v) is 9.90. The quantitative estimate of drug-likeness (QED) is 0.203. The van der Waals surface area contributed by atoms with Crippen LogP contribution in [0.5, 0.6) is 11.5 Å². The minimum Gasteiger partial charge on any atom is -0.490 e. The number of carbonyl (C=O) groups is 1. The highest BCUT2D eigenvalue weighted by molar-refractivity contribution is 9.10. The summed E-state index contributed by atoms with van der Waals surface area (Å²) in [6, 6.07) is 7.97. The zero-order valence-electron chi connectivity index (χ0n) is 20.9. The lowest BCUT2D eigenvalue weighted by Gasteiger charge is -2.22. The van der Waals surface area contributed by atoms with Gasteiger partial charge in [-0.05, 0) is 51.0 Å². The van der Waals surface area contributed by atoms with Crippen molar-refractivity contribution < 1.29 is 24.3 Å². The number of carboxylic acid groups (broad SMARTS) is 1. The Kier molecular flexibility index (Phi) is 8.40. The SMILES string of the molecule is CCOc1cc(C=Nn2c(C3CCCCC3)nc3ccc(Br)cc3c2=O)cc([N+](=O)[O-])c1O[C@@H](C)C(=O)O. The van der Waals surface area contributed by atoms with Gasteiger partial charge in [-0.1, -0.05) is 35.2 Å². The van der Waals surface area contributed by atoms with Crippen molar-refractivity contribution in [1.29, 1.82) is 0 Å². The number of carboxylic acids is 1. The summed E-state index contributed by atoms with van der Waals surface area (Å²) in [4.78, 5) is 40.8. The number of ether oxygens (including phenoxy) is 2. The van der Waals surface area contributed by atoms with Gasteiger partial charge in [-0.25, -0.2) is 9.78 Å². The van der Waals surface area contributed by atoms with E-state index in [1.807, 2.05) is 6.07 Å². The second-order valence-electron chi connectivity index (χ2n) is 8.98. The molecule has 4 rings (SSSR count). The third-order valence-electron chi connectivity index (χ3n) is 6.32. The summed E-state index contributed by atoms with van der Waals surface area (Å²) < 4.78 is 12.9. The van der Waals surface area contributed by atoms with E-state index in [1.54, 1.807) is 19.1 Å². The van der Waals surface area contributed by atoms with E-state index < -0.39 is 22.7 Å². The Morgan fingerprint density at radius 3 is 2.71 bits per heavy atom. The molecule has 0 saturated heterocycles. The van der Waals surface area contributed by atoms with E-state index in [0.29, 0.717) is 16.7 Å². The molecule has 1 aromatic heterocycles. The molecule has 11 nitrogen and oxygen atoms in total. The van der Waals surface area contributed by atoms with E-state index in [1.165, 1.54) is 29.9 Å². The van der Waals surface area contributed by atoms with Gasteiger partial charge in [0.15, 0.2) is 11.9 Å². The molecule has 1 aliphatic rings. The molecule has 0 spiro atoms. The van der Waals surface area contributed by atoms with E-state index in [0.717, 1.165) is 36.6 Å². The average molecular weight is 587 g/mol. The van der Waals surface area contributed by atoms with Gasteiger partial charge in [-0.15, -0.1) is 0 Å². The average Bonchev–Trinajstić information content (AvgIpc) is 2.89. The number of nitrogens with zero attached hydrogens (tertiary/aromatic N) is 4. The van der Waals surface area contributed by atoms with Gasteiger partial charge in [-0.2, -0.15) is 9.78 Å². The number of hydrogen-bond donors (Lipinski definition) is 1. The van der Waals surface area contributed by atoms with Gasteiger partial charge >= 0.3 is 11.7 Å². The zero-order valence-corrected chi connectivity index (χ0v) is 22.5. The molecule has 38 heavy (non-hydrogen) atoms. The summed E-state index contributed by atoms with van der Waals surface area (Å²) >= 11 is 3.40. The predicted octanol–water partition coefficient (Wildman–Crippen LogP) is 5.25. The van der Waals surface area contributed by atoms with Crippen LogP contribution in [0, 0.1) is 10.1 Å². The van der Waals surface area contributed by atoms with Crippen LogP contribution in [0.2, 0.25) is 0 Å². The molecule has 200 valence electrons. The monoisotopic (exact) mass is 586 g/mol. The van der Waals surface area contributed by atoms with Gasteiger partial charge < -0.3 is 14.6 Å². The van der Waals surface area contributed by atoms with Crippen LogP contribution in [0.15, 0.2) is 44.7 Å². The van der Waals surface area contributed by atoms with Crippen LogP contribution < -0.4 is 15.0 Å². The molecule has 0 bridgehead atoms. The maximum absolute atomic E-state index is 13.5. The van der Waals surface area contributed by atoms with Gasteiger partial charge in [0, 0.05) is 22.0 Å². The van der Waals surface area contributed by atoms with Crippen LogP contribution >= 0.6 is 15.9 Å². The molecule has 1 N–H and O–H groups in total. The number of fused-ring (bicyclic) bond motifs is 1. The van der Waals surface area contributed by atoms with Crippen molar-refractivity contribution >= 4 is 44.7 Å². The molecule has 1 atom stereocenters. The number of hydrogen-bond acceptors (Lipinski definition) is 8. The number of rotatable bonds is 9. The second kappa shape index (κ2) is 11.7. The van der Waals surface area contributed by atoms with E-state index in [4.69, 9.17) is 14.5 Å². The van der Waals surface area contributed by atoms with Crippen molar-refractivity contribution in [3.05, 3.63) is 66.7 Å². The lowest BCUT2D eigenvalue weighted by Crippen LogP contribution is -2.25. The Morgan fingerprint density at radius 1 is 1.32 bits per heavy atom. The Labute approximate surface area is 226 Å². The van der Waals surface area contributed by atoms with Crippen LogP contribution in [0.4, 0.5) is 5.69 Å². The van der Waals surface area contributed by atoms with E-state index in [-0.39, 0.29) is 35.1 Å². The minimum atomic E-state index is -1.34. The maximum Gasteiger partial charge on any atom is 0.344 e. The normalized spacial score (nSPS) is 15.0. The highest BCUT2D eigenvalue weighted by atomic mass is 79.9. The lowest BCUT2D eigenvalue weighted by molar-refractivity contribution is -0.386. The molecule has 1 fully saturated rings. The summed E-state index contributed by atoms with van der Waals surface area (Å²) in [5.41, 5.74) is 0.0219. The van der Waals surface area contributed by atoms with Crippen molar-refractivity contribution in [3.63, 3.8) is 0 Å². The topological polar surface area (TPSA) is 146 Å². The van der Waals surface area contributed by atoms with Crippen LogP contribution in [-0.4, -0.2) is 44.6 Å². The summed E-state index contributed by atoms with van der Waals surface area (Å²) in [5.74, 6) is -0.964. The first-order chi connectivity index (χ1) is 18.2. The van der Waals surface area contributed by atoms with Gasteiger partial charge in [0.2, 0.25) is 5.75 Å². The van der Waals surface area contributed by atoms with E-state index in [9.17, 15) is 24.8 Å². The smallest absolute Gasteiger partial charge is 0.344 e. The van der Waals surface area contributed by atoms with Crippen LogP contribution in [0.25, 0.3) is 10.9 Å². The molecule has 3 aromatic rings. The van der Waals surface area contributed by atoms with Crippen LogP contribution in [0.1, 0.15) is 63.3 Å². The third kappa shape index (κ3) is 5.85. The molecular weight excluding hydrogens is 560 g/mol. The zero-order chi connectivity index (χ0) is 27.4. The molecule has 0 radical (unpaired) electrons. The van der Waals surface area contributed by atoms with E-state index in [2.05, 4.69) is 21.0 Å². The number of nitro groups is 1. The fourth-order valence-corrected chi connectivity index (χ4v) is 4.81. The van der Waals surface area contributed by atoms with Crippen molar-refractivity contribution in [2.75, 3.05) is 6.61 Å². The summed E-state index contributed by atoms with van der Waals surface area (Å²) in [7, 11) is 0. The highest BCUT2D eigenvalue weighted by Crippen LogP contribution is 2.39. The van der Waals surface area contributed by atoms with Gasteiger partial charge in [0.05, 0.1) is 28.6 Å². The third-order valence-corrected chi connectivity index (χ3v) is 6.82. The Morgan fingerprint density at radius 2 is 2.05 bits per heavy atom. The molecule has 2 aromatic carbocycles. The Hall–Kier alpha value is -3.80. The first-order valence-corrected chi connectivity index (χ1v) is 13.1. The van der Waals surface area contributed by atoms with Crippen molar-refractivity contribution in [3.8, 4) is 11.5 Å². The molecule has 1 heterocycles. The summed E-state index contributed by atoms with van der Waals surface area (Å²) in [5, 5.41) is 25.9. The Bertz CT molecular complexity index is 1460. The highest BCUT2D eigenvalue weighted by Gasteiger charge is 2.27. The number of nitro benzene ring substituents is 1. The largest absolute Gasteiger partial charge is 0.490 e. The fraction of sp³-hybridized carbons (Fsp3) is 0.385. The van der Waals surface area contributed by atoms with Crippen molar-refractivity contribution in [2.24, 2.45) is 5.10 Å². The first-order valence-electron chi connectivity index (χ1n) is 12.3. The standard InChI is InChI=1S/C26H27BrN4O7/c1-3-37-22-12-16(11-21(31(35)36)23(22)38-15(2)26(33)34)14-28-30-24(17-7-5-4-6-8-17)29-20-10-9-18(27)13-19(20)25(30)32/h9-15,17H,3-8H2,1-2H3,(H,33,34)/t15-/m0/s1. The van der Waals surface area contributed by atoms with Gasteiger partial charge in [0.1, 0.15) is 5.82 Å². The van der Waals surface area contributed by atoms with Crippen LogP contribution in [-0.2, 0) is 4.79 Å². The summed E-state index contributed by atoms with van der Waals surface area (Å²) in [6.07, 6.45) is 4.95. The number of benzene rings is 2. The number of aliphatic carboxylic acids is 1. The minimum absolute atomic E-state index is 0.00309. The summed E-state index contributed by atoms with van der Waals surface area (Å²) in [6.45, 7) is 3.11. The lowest BCUT2D eigenvalue weighted by atomic mass is 9.88.